The van der Waals surface area contributed by atoms with Crippen LogP contribution in [0.2, 0.25) is 0 Å². The predicted octanol–water partition coefficient (Wildman–Crippen LogP) is 4.44. The van der Waals surface area contributed by atoms with Crippen molar-refractivity contribution in [1.82, 2.24) is 0 Å². The Morgan fingerprint density at radius 3 is 2.80 bits per heavy atom. The largest absolute Gasteiger partial charge is 0.385 e. The van der Waals surface area contributed by atoms with Crippen LogP contribution in [0.25, 0.3) is 0 Å². The van der Waals surface area contributed by atoms with Gasteiger partial charge in [-0.15, -0.1) is 0 Å². The van der Waals surface area contributed by atoms with Crippen molar-refractivity contribution in [2.24, 2.45) is 5.92 Å². The van der Waals surface area contributed by atoms with Crippen molar-refractivity contribution in [3.05, 3.63) is 28.5 Å². The Morgan fingerprint density at radius 2 is 2.20 bits per heavy atom. The van der Waals surface area contributed by atoms with Crippen LogP contribution >= 0.6 is 15.9 Å². The summed E-state index contributed by atoms with van der Waals surface area (Å²) in [5, 5.41) is 3.30. The van der Waals surface area contributed by atoms with Crippen LogP contribution in [-0.4, -0.2) is 6.54 Å². The summed E-state index contributed by atoms with van der Waals surface area (Å²) in [7, 11) is 0. The van der Waals surface area contributed by atoms with E-state index in [1.54, 1.807) is 12.1 Å². The molecule has 0 aliphatic rings. The quantitative estimate of drug-likeness (QED) is 0.837. The summed E-state index contributed by atoms with van der Waals surface area (Å²) >= 11 is 3.17. The molecule has 1 atom stereocenters. The SMILES string of the molecule is CCCC(C)CNc1ccc(F)c(Br)c1. The van der Waals surface area contributed by atoms with Crippen molar-refractivity contribution in [2.75, 3.05) is 11.9 Å². The number of hydrogen-bond acceptors (Lipinski definition) is 1. The summed E-state index contributed by atoms with van der Waals surface area (Å²) in [6.45, 7) is 5.34. The van der Waals surface area contributed by atoms with Gasteiger partial charge in [-0.25, -0.2) is 4.39 Å². The summed E-state index contributed by atoms with van der Waals surface area (Å²) in [4.78, 5) is 0. The maximum Gasteiger partial charge on any atom is 0.137 e. The summed E-state index contributed by atoms with van der Waals surface area (Å²) in [5.41, 5.74) is 0.964. The Bertz CT molecular complexity index is 314. The molecule has 0 saturated carbocycles. The van der Waals surface area contributed by atoms with E-state index in [2.05, 4.69) is 35.1 Å². The van der Waals surface area contributed by atoms with Gasteiger partial charge in [0.05, 0.1) is 4.47 Å². The highest BCUT2D eigenvalue weighted by Gasteiger charge is 2.02. The third-order valence-electron chi connectivity index (χ3n) is 2.36. The van der Waals surface area contributed by atoms with Crippen LogP contribution in [0.15, 0.2) is 22.7 Å². The molecule has 1 N–H and O–H groups in total. The molecule has 0 bridgehead atoms. The lowest BCUT2D eigenvalue weighted by Gasteiger charge is -2.12. The van der Waals surface area contributed by atoms with E-state index in [4.69, 9.17) is 0 Å². The molecule has 0 fully saturated rings. The van der Waals surface area contributed by atoms with E-state index in [-0.39, 0.29) is 5.82 Å². The highest BCUT2D eigenvalue weighted by molar-refractivity contribution is 9.10. The molecule has 15 heavy (non-hydrogen) atoms. The van der Waals surface area contributed by atoms with Gasteiger partial charge in [0.1, 0.15) is 5.82 Å². The Hall–Kier alpha value is -0.570. The first-order valence-electron chi connectivity index (χ1n) is 5.32. The van der Waals surface area contributed by atoms with Crippen molar-refractivity contribution in [1.29, 1.82) is 0 Å². The first-order chi connectivity index (χ1) is 7.13. The van der Waals surface area contributed by atoms with E-state index in [1.807, 2.05) is 0 Å². The monoisotopic (exact) mass is 273 g/mol. The normalized spacial score (nSPS) is 12.5. The Kier molecular flexibility index (Phi) is 5.09. The third-order valence-corrected chi connectivity index (χ3v) is 2.96. The molecule has 1 aromatic carbocycles. The van der Waals surface area contributed by atoms with Crippen LogP contribution in [0, 0.1) is 11.7 Å². The number of rotatable bonds is 5. The molecule has 0 radical (unpaired) electrons. The fourth-order valence-electron chi connectivity index (χ4n) is 1.49. The molecule has 0 aromatic heterocycles. The van der Waals surface area contributed by atoms with E-state index in [0.29, 0.717) is 10.4 Å². The molecule has 0 aliphatic heterocycles. The zero-order chi connectivity index (χ0) is 11.3. The summed E-state index contributed by atoms with van der Waals surface area (Å²) in [5.74, 6) is 0.431. The zero-order valence-corrected chi connectivity index (χ0v) is 10.8. The second-order valence-electron chi connectivity index (χ2n) is 3.90. The van der Waals surface area contributed by atoms with E-state index < -0.39 is 0 Å². The fraction of sp³-hybridized carbons (Fsp3) is 0.500. The molecule has 1 aromatic rings. The van der Waals surface area contributed by atoms with Gasteiger partial charge in [0.2, 0.25) is 0 Å². The van der Waals surface area contributed by atoms with E-state index in [9.17, 15) is 4.39 Å². The molecule has 0 saturated heterocycles. The second kappa shape index (κ2) is 6.11. The van der Waals surface area contributed by atoms with Gasteiger partial charge in [0.25, 0.3) is 0 Å². The molecular weight excluding hydrogens is 257 g/mol. The van der Waals surface area contributed by atoms with Crippen molar-refractivity contribution in [3.63, 3.8) is 0 Å². The van der Waals surface area contributed by atoms with Gasteiger partial charge >= 0.3 is 0 Å². The van der Waals surface area contributed by atoms with E-state index >= 15 is 0 Å². The molecule has 0 spiro atoms. The standard InChI is InChI=1S/C12H17BrFN/c1-3-4-9(2)8-15-10-5-6-12(14)11(13)7-10/h5-7,9,15H,3-4,8H2,1-2H3. The van der Waals surface area contributed by atoms with Crippen molar-refractivity contribution < 1.29 is 4.39 Å². The van der Waals surface area contributed by atoms with Crippen LogP contribution in [0.1, 0.15) is 26.7 Å². The van der Waals surface area contributed by atoms with Crippen molar-refractivity contribution in [3.8, 4) is 0 Å². The van der Waals surface area contributed by atoms with Gasteiger partial charge < -0.3 is 5.32 Å². The van der Waals surface area contributed by atoms with E-state index in [0.717, 1.165) is 12.2 Å². The third kappa shape index (κ3) is 4.20. The van der Waals surface area contributed by atoms with Crippen LogP contribution in [0.3, 0.4) is 0 Å². The van der Waals surface area contributed by atoms with Gasteiger partial charge in [-0.1, -0.05) is 20.3 Å². The smallest absolute Gasteiger partial charge is 0.137 e. The lowest BCUT2D eigenvalue weighted by atomic mass is 10.1. The van der Waals surface area contributed by atoms with Crippen molar-refractivity contribution in [2.45, 2.75) is 26.7 Å². The summed E-state index contributed by atoms with van der Waals surface area (Å²) < 4.78 is 13.5. The Morgan fingerprint density at radius 1 is 1.47 bits per heavy atom. The molecular formula is C12H17BrFN. The lowest BCUT2D eigenvalue weighted by molar-refractivity contribution is 0.550. The molecule has 1 unspecified atom stereocenters. The minimum Gasteiger partial charge on any atom is -0.385 e. The summed E-state index contributed by atoms with van der Waals surface area (Å²) in [6, 6.07) is 5.00. The lowest BCUT2D eigenvalue weighted by Crippen LogP contribution is -2.10. The number of nitrogens with one attached hydrogen (secondary N) is 1. The maximum atomic E-state index is 12.9. The number of hydrogen-bond donors (Lipinski definition) is 1. The van der Waals surface area contributed by atoms with Crippen LogP contribution in [0.5, 0.6) is 0 Å². The first-order valence-corrected chi connectivity index (χ1v) is 6.11. The average molecular weight is 274 g/mol. The van der Waals surface area contributed by atoms with Gasteiger partial charge in [-0.2, -0.15) is 0 Å². The predicted molar refractivity (Wildman–Crippen MR) is 66.7 cm³/mol. The van der Waals surface area contributed by atoms with Gasteiger partial charge in [-0.05, 0) is 46.5 Å². The molecule has 84 valence electrons. The number of halogens is 2. The highest BCUT2D eigenvalue weighted by atomic mass is 79.9. The molecule has 0 aliphatic carbocycles. The fourth-order valence-corrected chi connectivity index (χ4v) is 1.87. The van der Waals surface area contributed by atoms with Crippen LogP contribution in [0.4, 0.5) is 10.1 Å². The highest BCUT2D eigenvalue weighted by Crippen LogP contribution is 2.20. The minimum atomic E-state index is -0.220. The Labute approximate surface area is 99.2 Å². The molecule has 1 rings (SSSR count). The van der Waals surface area contributed by atoms with E-state index in [1.165, 1.54) is 18.9 Å². The maximum absolute atomic E-state index is 12.9. The topological polar surface area (TPSA) is 12.0 Å². The average Bonchev–Trinajstić information content (AvgIpc) is 2.20. The Balaban J connectivity index is 2.47. The minimum absolute atomic E-state index is 0.220. The van der Waals surface area contributed by atoms with Gasteiger partial charge in [0, 0.05) is 12.2 Å². The van der Waals surface area contributed by atoms with Gasteiger partial charge in [0.15, 0.2) is 0 Å². The summed E-state index contributed by atoms with van der Waals surface area (Å²) in [6.07, 6.45) is 2.42. The number of benzene rings is 1. The second-order valence-corrected chi connectivity index (χ2v) is 4.76. The molecule has 3 heteroatoms. The molecule has 0 amide bonds. The van der Waals surface area contributed by atoms with Crippen molar-refractivity contribution >= 4 is 21.6 Å². The van der Waals surface area contributed by atoms with Crippen LogP contribution < -0.4 is 5.32 Å². The van der Waals surface area contributed by atoms with Crippen LogP contribution in [-0.2, 0) is 0 Å². The number of anilines is 1. The molecule has 1 nitrogen and oxygen atoms in total. The first kappa shape index (κ1) is 12.5. The zero-order valence-electron chi connectivity index (χ0n) is 9.19. The molecule has 0 heterocycles. The van der Waals surface area contributed by atoms with Gasteiger partial charge in [-0.3, -0.25) is 0 Å².